The Labute approximate surface area is 110 Å². The zero-order chi connectivity index (χ0) is 13.8. The first-order chi connectivity index (χ1) is 8.29. The number of nitrogens with one attached hydrogen (secondary N) is 2. The molecule has 0 saturated carbocycles. The Hall–Kier alpha value is -0.650. The van der Waals surface area contributed by atoms with Gasteiger partial charge in [-0.25, -0.2) is 0 Å². The second-order valence-corrected chi connectivity index (χ2v) is 6.05. The molecule has 0 bridgehead atoms. The number of rotatable bonds is 4. The monoisotopic (exact) mass is 257 g/mol. The molecule has 0 aromatic heterocycles. The van der Waals surface area contributed by atoms with E-state index in [0.717, 1.165) is 26.2 Å². The summed E-state index contributed by atoms with van der Waals surface area (Å²) >= 11 is 0. The molecule has 1 aliphatic rings. The molecule has 1 fully saturated rings. The number of likely N-dealkylation sites (N-methyl/N-ethyl adjacent to an activating group) is 1. The first-order valence-electron chi connectivity index (χ1n) is 6.64. The van der Waals surface area contributed by atoms with E-state index in [4.69, 9.17) is 4.74 Å². The maximum atomic E-state index is 12.0. The van der Waals surface area contributed by atoms with E-state index < -0.39 is 0 Å². The van der Waals surface area contributed by atoms with Crippen molar-refractivity contribution in [3.8, 4) is 0 Å². The minimum absolute atomic E-state index is 0.0637. The summed E-state index contributed by atoms with van der Waals surface area (Å²) in [6, 6.07) is -0.144. The Morgan fingerprint density at radius 1 is 1.56 bits per heavy atom. The molecule has 1 saturated heterocycles. The lowest BCUT2D eigenvalue weighted by molar-refractivity contribution is -0.127. The largest absolute Gasteiger partial charge is 0.374 e. The van der Waals surface area contributed by atoms with Crippen LogP contribution in [0.5, 0.6) is 0 Å². The zero-order valence-corrected chi connectivity index (χ0v) is 12.2. The van der Waals surface area contributed by atoms with Crippen molar-refractivity contribution in [2.45, 2.75) is 45.4 Å². The molecule has 1 aliphatic heterocycles. The average molecular weight is 257 g/mol. The fourth-order valence-corrected chi connectivity index (χ4v) is 1.89. The van der Waals surface area contributed by atoms with Crippen LogP contribution in [0.2, 0.25) is 0 Å². The molecule has 18 heavy (non-hydrogen) atoms. The topological polar surface area (TPSA) is 53.6 Å². The number of carbonyl (C=O) groups is 1. The normalized spacial score (nSPS) is 22.9. The lowest BCUT2D eigenvalue weighted by Crippen LogP contribution is -2.53. The summed E-state index contributed by atoms with van der Waals surface area (Å²) in [6.45, 7) is 11.2. The summed E-state index contributed by atoms with van der Waals surface area (Å²) in [5, 5.41) is 6.29. The lowest BCUT2D eigenvalue weighted by atomic mass is 10.1. The summed E-state index contributed by atoms with van der Waals surface area (Å²) in [4.78, 5) is 14.1. The third kappa shape index (κ3) is 5.33. The van der Waals surface area contributed by atoms with Crippen LogP contribution in [0.3, 0.4) is 0 Å². The van der Waals surface area contributed by atoms with E-state index in [1.807, 2.05) is 39.6 Å². The second-order valence-electron chi connectivity index (χ2n) is 6.05. The van der Waals surface area contributed by atoms with Crippen molar-refractivity contribution >= 4 is 5.91 Å². The highest BCUT2D eigenvalue weighted by atomic mass is 16.5. The van der Waals surface area contributed by atoms with Gasteiger partial charge in [0.2, 0.25) is 5.91 Å². The summed E-state index contributed by atoms with van der Waals surface area (Å²) in [5.41, 5.74) is -0.185. The molecule has 5 heteroatoms. The molecular formula is C13H27N3O2. The van der Waals surface area contributed by atoms with Gasteiger partial charge in [0, 0.05) is 25.2 Å². The van der Waals surface area contributed by atoms with Crippen molar-refractivity contribution in [3.63, 3.8) is 0 Å². The van der Waals surface area contributed by atoms with E-state index in [-0.39, 0.29) is 23.6 Å². The van der Waals surface area contributed by atoms with Gasteiger partial charge in [-0.1, -0.05) is 0 Å². The van der Waals surface area contributed by atoms with Crippen LogP contribution in [0.25, 0.3) is 0 Å². The van der Waals surface area contributed by atoms with Crippen LogP contribution in [-0.2, 0) is 9.53 Å². The molecular weight excluding hydrogens is 230 g/mol. The first-order valence-corrected chi connectivity index (χ1v) is 6.64. The fourth-order valence-electron chi connectivity index (χ4n) is 1.89. The molecule has 106 valence electrons. The van der Waals surface area contributed by atoms with E-state index in [1.54, 1.807) is 0 Å². The van der Waals surface area contributed by atoms with Gasteiger partial charge in [0.25, 0.3) is 0 Å². The number of nitrogens with zero attached hydrogens (tertiary/aromatic N) is 1. The highest BCUT2D eigenvalue weighted by Crippen LogP contribution is 2.05. The molecule has 5 nitrogen and oxygen atoms in total. The smallest absolute Gasteiger partial charge is 0.237 e. The number of hydrogen-bond donors (Lipinski definition) is 2. The van der Waals surface area contributed by atoms with Crippen molar-refractivity contribution in [1.82, 2.24) is 15.5 Å². The van der Waals surface area contributed by atoms with Crippen LogP contribution >= 0.6 is 0 Å². The molecule has 2 unspecified atom stereocenters. The standard InChI is InChI=1S/C13H27N3O2/c1-10(12(17)15-13(2,3)4)16(5)9-11-8-14-6-7-18-11/h10-11,14H,6-9H2,1-5H3,(H,15,17). The molecule has 1 amide bonds. The summed E-state index contributed by atoms with van der Waals surface area (Å²) < 4.78 is 5.64. The molecule has 2 atom stereocenters. The quantitative estimate of drug-likeness (QED) is 0.756. The van der Waals surface area contributed by atoms with Crippen LogP contribution in [-0.4, -0.2) is 61.8 Å². The van der Waals surface area contributed by atoms with E-state index in [1.165, 1.54) is 0 Å². The molecule has 1 rings (SSSR count). The number of ether oxygens (including phenoxy) is 1. The molecule has 0 spiro atoms. The molecule has 2 N–H and O–H groups in total. The number of carbonyl (C=O) groups excluding carboxylic acids is 1. The van der Waals surface area contributed by atoms with E-state index >= 15 is 0 Å². The van der Waals surface area contributed by atoms with Gasteiger partial charge in [0.1, 0.15) is 0 Å². The van der Waals surface area contributed by atoms with E-state index in [9.17, 15) is 4.79 Å². The van der Waals surface area contributed by atoms with Crippen LogP contribution in [0, 0.1) is 0 Å². The van der Waals surface area contributed by atoms with Gasteiger partial charge in [0.15, 0.2) is 0 Å². The predicted octanol–water partition coefficient (Wildman–Crippen LogP) is 0.210. The summed E-state index contributed by atoms with van der Waals surface area (Å²) in [7, 11) is 1.96. The second kappa shape index (κ2) is 6.50. The molecule has 1 heterocycles. The Balaban J connectivity index is 2.39. The van der Waals surface area contributed by atoms with Crippen LogP contribution in [0.4, 0.5) is 0 Å². The van der Waals surface area contributed by atoms with Crippen molar-refractivity contribution in [2.24, 2.45) is 0 Å². The van der Waals surface area contributed by atoms with Gasteiger partial charge in [-0.05, 0) is 34.7 Å². The highest BCUT2D eigenvalue weighted by Gasteiger charge is 2.25. The maximum absolute atomic E-state index is 12.0. The lowest BCUT2D eigenvalue weighted by Gasteiger charge is -2.32. The van der Waals surface area contributed by atoms with Crippen LogP contribution < -0.4 is 10.6 Å². The number of morpholine rings is 1. The molecule has 0 aromatic rings. The van der Waals surface area contributed by atoms with Crippen molar-refractivity contribution < 1.29 is 9.53 Å². The first kappa shape index (κ1) is 15.4. The van der Waals surface area contributed by atoms with Gasteiger partial charge in [-0.2, -0.15) is 0 Å². The fraction of sp³-hybridized carbons (Fsp3) is 0.923. The van der Waals surface area contributed by atoms with Gasteiger partial charge < -0.3 is 15.4 Å². The minimum Gasteiger partial charge on any atom is -0.374 e. The van der Waals surface area contributed by atoms with Gasteiger partial charge >= 0.3 is 0 Å². The third-order valence-electron chi connectivity index (χ3n) is 3.03. The zero-order valence-electron chi connectivity index (χ0n) is 12.2. The number of hydrogen-bond acceptors (Lipinski definition) is 4. The SMILES string of the molecule is CC(C(=O)NC(C)(C)C)N(C)CC1CNCCO1. The van der Waals surface area contributed by atoms with Gasteiger partial charge in [0.05, 0.1) is 18.8 Å². The van der Waals surface area contributed by atoms with E-state index in [0.29, 0.717) is 0 Å². The Kier molecular flexibility index (Phi) is 5.56. The minimum atomic E-state index is -0.185. The summed E-state index contributed by atoms with van der Waals surface area (Å²) in [5.74, 6) is 0.0637. The predicted molar refractivity (Wildman–Crippen MR) is 72.6 cm³/mol. The average Bonchev–Trinajstić information content (AvgIpc) is 2.27. The highest BCUT2D eigenvalue weighted by molar-refractivity contribution is 5.81. The van der Waals surface area contributed by atoms with Crippen LogP contribution in [0.1, 0.15) is 27.7 Å². The Bertz CT molecular complexity index is 270. The molecule has 0 aromatic carbocycles. The molecule has 0 radical (unpaired) electrons. The van der Waals surface area contributed by atoms with Crippen LogP contribution in [0.15, 0.2) is 0 Å². The van der Waals surface area contributed by atoms with Crippen molar-refractivity contribution in [1.29, 1.82) is 0 Å². The maximum Gasteiger partial charge on any atom is 0.237 e. The van der Waals surface area contributed by atoms with Gasteiger partial charge in [-0.15, -0.1) is 0 Å². The Morgan fingerprint density at radius 3 is 2.72 bits per heavy atom. The van der Waals surface area contributed by atoms with Crippen molar-refractivity contribution in [2.75, 3.05) is 33.3 Å². The van der Waals surface area contributed by atoms with E-state index in [2.05, 4.69) is 10.6 Å². The molecule has 0 aliphatic carbocycles. The van der Waals surface area contributed by atoms with Gasteiger partial charge in [-0.3, -0.25) is 9.69 Å². The number of amides is 1. The summed E-state index contributed by atoms with van der Waals surface area (Å²) in [6.07, 6.45) is 0.175. The Morgan fingerprint density at radius 2 is 2.22 bits per heavy atom. The van der Waals surface area contributed by atoms with Crippen molar-refractivity contribution in [3.05, 3.63) is 0 Å². The third-order valence-corrected chi connectivity index (χ3v) is 3.03.